The van der Waals surface area contributed by atoms with Crippen LogP contribution in [0.5, 0.6) is 5.75 Å². The van der Waals surface area contributed by atoms with Gasteiger partial charge in [0, 0.05) is 11.7 Å². The molecule has 0 aliphatic rings. The Bertz CT molecular complexity index is 407. The van der Waals surface area contributed by atoms with E-state index >= 15 is 0 Å². The van der Waals surface area contributed by atoms with Crippen LogP contribution in [0.4, 0.5) is 5.82 Å². The van der Waals surface area contributed by atoms with Gasteiger partial charge >= 0.3 is 0 Å². The van der Waals surface area contributed by atoms with E-state index in [-0.39, 0.29) is 18.6 Å². The maximum absolute atomic E-state index is 11.6. The topological polar surface area (TPSA) is 77.2 Å². The van der Waals surface area contributed by atoms with E-state index in [0.29, 0.717) is 11.6 Å². The zero-order valence-electron chi connectivity index (χ0n) is 11.2. The fraction of sp³-hybridized carbons (Fsp3) is 0.538. The minimum atomic E-state index is -0.143. The van der Waals surface area contributed by atoms with Crippen LogP contribution in [-0.2, 0) is 4.79 Å². The second kappa shape index (κ2) is 6.83. The lowest BCUT2D eigenvalue weighted by Crippen LogP contribution is -2.36. The second-order valence-corrected chi connectivity index (χ2v) is 4.38. The van der Waals surface area contributed by atoms with Crippen LogP contribution < -0.4 is 15.8 Å². The van der Waals surface area contributed by atoms with E-state index in [4.69, 9.17) is 10.5 Å². The first-order chi connectivity index (χ1) is 8.52. The predicted octanol–water partition coefficient (Wildman–Crippen LogP) is 1.66. The zero-order chi connectivity index (χ0) is 13.5. The number of nitrogens with one attached hydrogen (secondary N) is 1. The standard InChI is InChI=1S/C13H21N3O2/c1-4-5-9(2)15-12(17)8-18-11-7-6-10(3)16-13(11)14/h6-7,9H,4-5,8H2,1-3H3,(H2,14,16)(H,15,17). The molecule has 0 saturated heterocycles. The van der Waals surface area contributed by atoms with Crippen molar-refractivity contribution in [2.24, 2.45) is 0 Å². The van der Waals surface area contributed by atoms with E-state index in [9.17, 15) is 4.79 Å². The normalized spacial score (nSPS) is 11.9. The Morgan fingerprint density at radius 3 is 2.89 bits per heavy atom. The first-order valence-corrected chi connectivity index (χ1v) is 6.18. The van der Waals surface area contributed by atoms with Crippen molar-refractivity contribution in [3.05, 3.63) is 17.8 Å². The number of rotatable bonds is 6. The number of amides is 1. The molecule has 1 rings (SSSR count). The summed E-state index contributed by atoms with van der Waals surface area (Å²) in [6, 6.07) is 3.68. The van der Waals surface area contributed by atoms with Gasteiger partial charge in [-0.05, 0) is 32.4 Å². The zero-order valence-corrected chi connectivity index (χ0v) is 11.2. The van der Waals surface area contributed by atoms with E-state index < -0.39 is 0 Å². The maximum atomic E-state index is 11.6. The smallest absolute Gasteiger partial charge is 0.258 e. The summed E-state index contributed by atoms with van der Waals surface area (Å²) in [4.78, 5) is 15.6. The first-order valence-electron chi connectivity index (χ1n) is 6.18. The lowest BCUT2D eigenvalue weighted by molar-refractivity contribution is -0.123. The van der Waals surface area contributed by atoms with Gasteiger partial charge in [0.15, 0.2) is 18.2 Å². The average molecular weight is 251 g/mol. The Hall–Kier alpha value is -1.78. The van der Waals surface area contributed by atoms with Gasteiger partial charge in [-0.1, -0.05) is 13.3 Å². The number of anilines is 1. The van der Waals surface area contributed by atoms with Crippen LogP contribution in [0.2, 0.25) is 0 Å². The van der Waals surface area contributed by atoms with Gasteiger partial charge in [0.1, 0.15) is 0 Å². The third-order valence-electron chi connectivity index (χ3n) is 2.51. The monoisotopic (exact) mass is 251 g/mol. The molecule has 1 aromatic heterocycles. The number of nitrogens with zero attached hydrogens (tertiary/aromatic N) is 1. The van der Waals surface area contributed by atoms with Crippen LogP contribution in [0.25, 0.3) is 0 Å². The van der Waals surface area contributed by atoms with Gasteiger partial charge < -0.3 is 15.8 Å². The molecule has 1 heterocycles. The number of hydrogen-bond donors (Lipinski definition) is 2. The molecule has 0 aliphatic heterocycles. The van der Waals surface area contributed by atoms with Crippen molar-refractivity contribution in [1.82, 2.24) is 10.3 Å². The van der Waals surface area contributed by atoms with Gasteiger partial charge in [0.25, 0.3) is 5.91 Å². The van der Waals surface area contributed by atoms with E-state index in [0.717, 1.165) is 18.5 Å². The number of carbonyl (C=O) groups is 1. The average Bonchev–Trinajstić information content (AvgIpc) is 2.28. The summed E-state index contributed by atoms with van der Waals surface area (Å²) in [6.45, 7) is 5.86. The summed E-state index contributed by atoms with van der Waals surface area (Å²) in [5.74, 6) is 0.610. The Morgan fingerprint density at radius 1 is 1.56 bits per heavy atom. The van der Waals surface area contributed by atoms with Crippen molar-refractivity contribution in [2.75, 3.05) is 12.3 Å². The molecule has 0 aromatic carbocycles. The largest absolute Gasteiger partial charge is 0.480 e. The highest BCUT2D eigenvalue weighted by Gasteiger charge is 2.08. The second-order valence-electron chi connectivity index (χ2n) is 4.38. The molecule has 0 saturated carbocycles. The van der Waals surface area contributed by atoms with E-state index in [1.54, 1.807) is 12.1 Å². The summed E-state index contributed by atoms with van der Waals surface area (Å²) in [5.41, 5.74) is 6.51. The third kappa shape index (κ3) is 4.61. The van der Waals surface area contributed by atoms with Crippen LogP contribution >= 0.6 is 0 Å². The number of ether oxygens (including phenoxy) is 1. The van der Waals surface area contributed by atoms with Crippen molar-refractivity contribution in [3.8, 4) is 5.75 Å². The maximum Gasteiger partial charge on any atom is 0.258 e. The van der Waals surface area contributed by atoms with Gasteiger partial charge in [-0.2, -0.15) is 0 Å². The molecule has 5 nitrogen and oxygen atoms in total. The molecule has 0 fully saturated rings. The molecule has 0 spiro atoms. The molecule has 18 heavy (non-hydrogen) atoms. The van der Waals surface area contributed by atoms with Crippen LogP contribution in [-0.4, -0.2) is 23.5 Å². The third-order valence-corrected chi connectivity index (χ3v) is 2.51. The Balaban J connectivity index is 2.42. The number of aromatic nitrogens is 1. The molecular weight excluding hydrogens is 230 g/mol. The van der Waals surface area contributed by atoms with Crippen molar-refractivity contribution in [3.63, 3.8) is 0 Å². The molecule has 1 unspecified atom stereocenters. The summed E-state index contributed by atoms with van der Waals surface area (Å²) >= 11 is 0. The quantitative estimate of drug-likeness (QED) is 0.806. The number of aryl methyl sites for hydroxylation is 1. The molecule has 0 aliphatic carbocycles. The molecule has 0 radical (unpaired) electrons. The number of hydrogen-bond acceptors (Lipinski definition) is 4. The van der Waals surface area contributed by atoms with E-state index in [1.165, 1.54) is 0 Å². The molecule has 0 bridgehead atoms. The Kier molecular flexibility index (Phi) is 5.42. The van der Waals surface area contributed by atoms with E-state index in [2.05, 4.69) is 17.2 Å². The molecule has 100 valence electrons. The minimum absolute atomic E-state index is 0.0387. The van der Waals surface area contributed by atoms with Crippen molar-refractivity contribution < 1.29 is 9.53 Å². The van der Waals surface area contributed by atoms with Gasteiger partial charge in [-0.25, -0.2) is 4.98 Å². The van der Waals surface area contributed by atoms with Crippen molar-refractivity contribution in [1.29, 1.82) is 0 Å². The van der Waals surface area contributed by atoms with Crippen molar-refractivity contribution >= 4 is 11.7 Å². The summed E-state index contributed by atoms with van der Waals surface area (Å²) in [7, 11) is 0. The molecular formula is C13H21N3O2. The highest BCUT2D eigenvalue weighted by atomic mass is 16.5. The fourth-order valence-corrected chi connectivity index (χ4v) is 1.65. The first kappa shape index (κ1) is 14.3. The highest BCUT2D eigenvalue weighted by molar-refractivity contribution is 5.77. The fourth-order valence-electron chi connectivity index (χ4n) is 1.65. The number of pyridine rings is 1. The lowest BCUT2D eigenvalue weighted by Gasteiger charge is -2.13. The van der Waals surface area contributed by atoms with Crippen molar-refractivity contribution in [2.45, 2.75) is 39.7 Å². The molecule has 3 N–H and O–H groups in total. The Morgan fingerprint density at radius 2 is 2.28 bits per heavy atom. The van der Waals surface area contributed by atoms with Gasteiger partial charge in [0.05, 0.1) is 0 Å². The molecule has 1 amide bonds. The number of carbonyl (C=O) groups excluding carboxylic acids is 1. The van der Waals surface area contributed by atoms with Crippen LogP contribution in [0, 0.1) is 6.92 Å². The van der Waals surface area contributed by atoms with Gasteiger partial charge in [-0.3, -0.25) is 4.79 Å². The SMILES string of the molecule is CCCC(C)NC(=O)COc1ccc(C)nc1N. The van der Waals surface area contributed by atoms with Gasteiger partial charge in [-0.15, -0.1) is 0 Å². The van der Waals surface area contributed by atoms with Crippen LogP contribution in [0.15, 0.2) is 12.1 Å². The molecule has 1 atom stereocenters. The number of nitrogen functional groups attached to an aromatic ring is 1. The highest BCUT2D eigenvalue weighted by Crippen LogP contribution is 2.18. The summed E-state index contributed by atoms with van der Waals surface area (Å²) in [5, 5.41) is 2.86. The Labute approximate surface area is 108 Å². The van der Waals surface area contributed by atoms with Crippen LogP contribution in [0.1, 0.15) is 32.4 Å². The number of nitrogens with two attached hydrogens (primary N) is 1. The summed E-state index contributed by atoms with van der Waals surface area (Å²) < 4.78 is 5.33. The van der Waals surface area contributed by atoms with Gasteiger partial charge in [0.2, 0.25) is 0 Å². The molecule has 1 aromatic rings. The summed E-state index contributed by atoms with van der Waals surface area (Å²) in [6.07, 6.45) is 2.00. The predicted molar refractivity (Wildman–Crippen MR) is 71.4 cm³/mol. The lowest BCUT2D eigenvalue weighted by atomic mass is 10.2. The minimum Gasteiger partial charge on any atom is -0.480 e. The van der Waals surface area contributed by atoms with E-state index in [1.807, 2.05) is 13.8 Å². The van der Waals surface area contributed by atoms with Crippen LogP contribution in [0.3, 0.4) is 0 Å². The molecule has 5 heteroatoms.